The van der Waals surface area contributed by atoms with Crippen molar-refractivity contribution in [1.29, 1.82) is 0 Å². The molecule has 17 heavy (non-hydrogen) atoms. The highest BCUT2D eigenvalue weighted by atomic mass is 35.5. The van der Waals surface area contributed by atoms with E-state index in [1.54, 1.807) is 18.2 Å². The highest BCUT2D eigenvalue weighted by Gasteiger charge is 1.99. The molecule has 6 nitrogen and oxygen atoms in total. The maximum atomic E-state index is 9.37. The molecule has 1 heterocycles. The fraction of sp³-hybridized carbons (Fsp3) is 0. The Morgan fingerprint density at radius 1 is 1.12 bits per heavy atom. The summed E-state index contributed by atoms with van der Waals surface area (Å²) in [4.78, 5) is 3.99. The fourth-order valence-corrected chi connectivity index (χ4v) is 1.26. The van der Waals surface area contributed by atoms with Crippen molar-refractivity contribution in [3.8, 4) is 5.75 Å². The number of fused-ring (bicyclic) bond motifs is 1. The van der Waals surface area contributed by atoms with Crippen LogP contribution in [0.2, 0.25) is 5.15 Å². The van der Waals surface area contributed by atoms with Crippen LogP contribution in [0.15, 0.2) is 30.3 Å². The van der Waals surface area contributed by atoms with E-state index in [1.807, 2.05) is 12.1 Å². The Balaban J connectivity index is 0.000000249. The Hall–Kier alpha value is -1.41. The number of aromatic hydroxyl groups is 1. The molecule has 3 N–H and O–H groups in total. The summed E-state index contributed by atoms with van der Waals surface area (Å²) in [5, 5.41) is 10.7. The summed E-state index contributed by atoms with van der Waals surface area (Å²) in [7, 11) is -4.67. The molecule has 1 aromatic carbocycles. The van der Waals surface area contributed by atoms with Gasteiger partial charge in [-0.1, -0.05) is 23.7 Å². The number of rotatable bonds is 0. The van der Waals surface area contributed by atoms with Gasteiger partial charge < -0.3 is 5.11 Å². The number of halogens is 1. The zero-order chi connectivity index (χ0) is 13.1. The number of phenols is 1. The van der Waals surface area contributed by atoms with E-state index >= 15 is 0 Å². The van der Waals surface area contributed by atoms with Gasteiger partial charge >= 0.3 is 10.4 Å². The first-order valence-corrected chi connectivity index (χ1v) is 5.99. The summed E-state index contributed by atoms with van der Waals surface area (Å²) < 4.78 is 31.6. The van der Waals surface area contributed by atoms with Crippen LogP contribution in [0.4, 0.5) is 0 Å². The van der Waals surface area contributed by atoms with Gasteiger partial charge in [0.25, 0.3) is 0 Å². The van der Waals surface area contributed by atoms with Gasteiger partial charge in [0.05, 0.1) is 0 Å². The van der Waals surface area contributed by atoms with Crippen LogP contribution in [0.25, 0.3) is 10.9 Å². The van der Waals surface area contributed by atoms with Gasteiger partial charge in [-0.2, -0.15) is 8.42 Å². The van der Waals surface area contributed by atoms with Crippen LogP contribution in [0.5, 0.6) is 5.75 Å². The van der Waals surface area contributed by atoms with Gasteiger partial charge in [-0.3, -0.25) is 9.11 Å². The maximum absolute atomic E-state index is 9.37. The average molecular weight is 278 g/mol. The highest BCUT2D eigenvalue weighted by Crippen LogP contribution is 2.23. The van der Waals surface area contributed by atoms with Crippen molar-refractivity contribution in [2.45, 2.75) is 0 Å². The summed E-state index contributed by atoms with van der Waals surface area (Å²) >= 11 is 5.67. The van der Waals surface area contributed by atoms with Crippen molar-refractivity contribution in [2.24, 2.45) is 0 Å². The Morgan fingerprint density at radius 3 is 2.29 bits per heavy atom. The van der Waals surface area contributed by atoms with Crippen molar-refractivity contribution < 1.29 is 22.6 Å². The second-order valence-electron chi connectivity index (χ2n) is 2.93. The van der Waals surface area contributed by atoms with Crippen molar-refractivity contribution in [3.05, 3.63) is 35.5 Å². The molecule has 2 rings (SSSR count). The number of hydrogen-bond donors (Lipinski definition) is 3. The summed E-state index contributed by atoms with van der Waals surface area (Å²) in [6, 6.07) is 8.75. The number of phenolic OH excluding ortho intramolecular Hbond substituents is 1. The number of nitrogens with zero attached hydrogens (tertiary/aromatic N) is 1. The fourth-order valence-electron chi connectivity index (χ4n) is 1.11. The van der Waals surface area contributed by atoms with Crippen molar-refractivity contribution in [1.82, 2.24) is 4.98 Å². The topological polar surface area (TPSA) is 108 Å². The van der Waals surface area contributed by atoms with Gasteiger partial charge in [-0.15, -0.1) is 0 Å². The van der Waals surface area contributed by atoms with Crippen LogP contribution in [0, 0.1) is 0 Å². The minimum Gasteiger partial charge on any atom is -0.506 e. The van der Waals surface area contributed by atoms with E-state index in [4.69, 9.17) is 29.1 Å². The van der Waals surface area contributed by atoms with E-state index < -0.39 is 10.4 Å². The van der Waals surface area contributed by atoms with Gasteiger partial charge in [-0.05, 0) is 18.2 Å². The van der Waals surface area contributed by atoms with Crippen LogP contribution in [0.1, 0.15) is 0 Å². The van der Waals surface area contributed by atoms with E-state index in [9.17, 15) is 5.11 Å². The van der Waals surface area contributed by atoms with E-state index in [0.29, 0.717) is 10.7 Å². The molecular weight excluding hydrogens is 270 g/mol. The highest BCUT2D eigenvalue weighted by molar-refractivity contribution is 7.79. The van der Waals surface area contributed by atoms with Gasteiger partial charge in [0.15, 0.2) is 0 Å². The quantitative estimate of drug-likeness (QED) is 0.502. The SMILES string of the molecule is O=S(=O)(O)O.Oc1cccc2ccc(Cl)nc12. The van der Waals surface area contributed by atoms with Crippen LogP contribution in [0.3, 0.4) is 0 Å². The minimum absolute atomic E-state index is 0.162. The van der Waals surface area contributed by atoms with Crippen LogP contribution < -0.4 is 0 Å². The zero-order valence-corrected chi connectivity index (χ0v) is 9.85. The normalized spacial score (nSPS) is 10.8. The molecule has 0 amide bonds. The molecule has 0 bridgehead atoms. The summed E-state index contributed by atoms with van der Waals surface area (Å²) in [6.45, 7) is 0. The van der Waals surface area contributed by atoms with Gasteiger partial charge in [0.1, 0.15) is 16.4 Å². The monoisotopic (exact) mass is 277 g/mol. The van der Waals surface area contributed by atoms with Gasteiger partial charge in [0, 0.05) is 5.39 Å². The third-order valence-electron chi connectivity index (χ3n) is 1.66. The summed E-state index contributed by atoms with van der Waals surface area (Å²) in [6.07, 6.45) is 0. The predicted molar refractivity (Wildman–Crippen MR) is 62.6 cm³/mol. The lowest BCUT2D eigenvalue weighted by Gasteiger charge is -1.98. The molecule has 0 atom stereocenters. The summed E-state index contributed by atoms with van der Waals surface area (Å²) in [5.41, 5.74) is 0.546. The number of aromatic nitrogens is 1. The first-order valence-electron chi connectivity index (χ1n) is 4.21. The Bertz CT molecular complexity index is 620. The van der Waals surface area contributed by atoms with Gasteiger partial charge in [0.2, 0.25) is 0 Å². The second kappa shape index (κ2) is 5.28. The molecule has 0 aliphatic rings. The molecule has 2 aromatic rings. The molecule has 8 heteroatoms. The third-order valence-corrected chi connectivity index (χ3v) is 1.88. The molecule has 0 spiro atoms. The largest absolute Gasteiger partial charge is 0.506 e. The number of benzene rings is 1. The Labute approximate surface area is 102 Å². The molecule has 0 aliphatic heterocycles. The number of para-hydroxylation sites is 1. The van der Waals surface area contributed by atoms with E-state index in [1.165, 1.54) is 0 Å². The Morgan fingerprint density at radius 2 is 1.71 bits per heavy atom. The second-order valence-corrected chi connectivity index (χ2v) is 4.21. The Kier molecular flexibility index (Phi) is 4.24. The van der Waals surface area contributed by atoms with Crippen molar-refractivity contribution in [3.63, 3.8) is 0 Å². The first-order chi connectivity index (χ1) is 7.77. The van der Waals surface area contributed by atoms with Crippen LogP contribution >= 0.6 is 11.6 Å². The van der Waals surface area contributed by atoms with E-state index in [2.05, 4.69) is 4.98 Å². The van der Waals surface area contributed by atoms with Crippen molar-refractivity contribution in [2.75, 3.05) is 0 Å². The molecule has 0 unspecified atom stereocenters. The molecular formula is C9H8ClNO5S. The van der Waals surface area contributed by atoms with Crippen molar-refractivity contribution >= 4 is 32.9 Å². The predicted octanol–water partition coefficient (Wildman–Crippen LogP) is 1.94. The molecule has 92 valence electrons. The third kappa shape index (κ3) is 4.96. The molecule has 0 aliphatic carbocycles. The van der Waals surface area contributed by atoms with Crippen LogP contribution in [-0.4, -0.2) is 27.6 Å². The maximum Gasteiger partial charge on any atom is 0.394 e. The van der Waals surface area contributed by atoms with Crippen LogP contribution in [-0.2, 0) is 10.4 Å². The van der Waals surface area contributed by atoms with E-state index in [-0.39, 0.29) is 5.75 Å². The first kappa shape index (κ1) is 13.7. The number of pyridine rings is 1. The molecule has 0 saturated carbocycles. The lowest BCUT2D eigenvalue weighted by Crippen LogP contribution is -1.89. The molecule has 0 fully saturated rings. The average Bonchev–Trinajstić information content (AvgIpc) is 2.17. The molecule has 1 aromatic heterocycles. The number of hydrogen-bond acceptors (Lipinski definition) is 4. The standard InChI is InChI=1S/C9H6ClNO.H2O4S/c10-8-5-4-6-2-1-3-7(12)9(6)11-8;1-5(2,3)4/h1-5,12H;(H2,1,2,3,4). The van der Waals surface area contributed by atoms with E-state index in [0.717, 1.165) is 5.39 Å². The lowest BCUT2D eigenvalue weighted by molar-refractivity contribution is 0.381. The van der Waals surface area contributed by atoms with Gasteiger partial charge in [-0.25, -0.2) is 4.98 Å². The zero-order valence-electron chi connectivity index (χ0n) is 8.28. The molecule has 0 radical (unpaired) electrons. The summed E-state index contributed by atoms with van der Waals surface area (Å²) in [5.74, 6) is 0.162. The lowest BCUT2D eigenvalue weighted by atomic mass is 10.2. The molecule has 0 saturated heterocycles. The minimum atomic E-state index is -4.67. The smallest absolute Gasteiger partial charge is 0.394 e.